The third-order valence-electron chi connectivity index (χ3n) is 3.76. The summed E-state index contributed by atoms with van der Waals surface area (Å²) in [5.74, 6) is -0.965. The topological polar surface area (TPSA) is 103 Å². The highest BCUT2D eigenvalue weighted by Gasteiger charge is 2.14. The second-order valence-electron chi connectivity index (χ2n) is 5.63. The minimum absolute atomic E-state index is 0.0432. The van der Waals surface area contributed by atoms with Crippen molar-refractivity contribution in [2.75, 3.05) is 0 Å². The van der Waals surface area contributed by atoms with Gasteiger partial charge in [0, 0.05) is 16.5 Å². The minimum atomic E-state index is -1.15. The number of nitrogens with one attached hydrogen (secondary N) is 1. The van der Waals surface area contributed by atoms with Gasteiger partial charge in [0.1, 0.15) is 23.2 Å². The maximum atomic E-state index is 12.2. The van der Waals surface area contributed by atoms with Gasteiger partial charge in [0.15, 0.2) is 0 Å². The SMILES string of the molecule is N#C/C(=C\c1ccc(-c2ccc(Cl)c(C(=O)O)c2)o1)C(=O)NCc1cccs1. The number of halogens is 1. The summed E-state index contributed by atoms with van der Waals surface area (Å²) in [7, 11) is 0. The molecular formula is C20H13ClN2O4S. The zero-order valence-electron chi connectivity index (χ0n) is 14.3. The Morgan fingerprint density at radius 2 is 2.11 bits per heavy atom. The molecule has 8 heteroatoms. The number of benzene rings is 1. The summed E-state index contributed by atoms with van der Waals surface area (Å²) in [6.07, 6.45) is 1.33. The molecule has 140 valence electrons. The molecular weight excluding hydrogens is 400 g/mol. The summed E-state index contributed by atoms with van der Waals surface area (Å²) in [4.78, 5) is 24.4. The Labute approximate surface area is 169 Å². The van der Waals surface area contributed by atoms with Gasteiger partial charge in [-0.25, -0.2) is 4.79 Å². The van der Waals surface area contributed by atoms with Crippen LogP contribution in [0.3, 0.4) is 0 Å². The van der Waals surface area contributed by atoms with Crippen LogP contribution >= 0.6 is 22.9 Å². The van der Waals surface area contributed by atoms with Gasteiger partial charge in [0.05, 0.1) is 17.1 Å². The van der Waals surface area contributed by atoms with Crippen molar-refractivity contribution in [3.8, 4) is 17.4 Å². The number of carbonyl (C=O) groups excluding carboxylic acids is 1. The molecule has 6 nitrogen and oxygen atoms in total. The number of hydrogen-bond donors (Lipinski definition) is 2. The molecule has 0 radical (unpaired) electrons. The van der Waals surface area contributed by atoms with Crippen molar-refractivity contribution < 1.29 is 19.1 Å². The Morgan fingerprint density at radius 3 is 2.79 bits per heavy atom. The summed E-state index contributed by atoms with van der Waals surface area (Å²) in [6.45, 7) is 0.335. The molecule has 1 amide bonds. The smallest absolute Gasteiger partial charge is 0.337 e. The number of hydrogen-bond acceptors (Lipinski definition) is 5. The molecule has 0 saturated heterocycles. The number of carboxylic acid groups (broad SMARTS) is 1. The van der Waals surface area contributed by atoms with Gasteiger partial charge in [0.2, 0.25) is 0 Å². The van der Waals surface area contributed by atoms with Crippen LogP contribution in [0, 0.1) is 11.3 Å². The van der Waals surface area contributed by atoms with Crippen molar-refractivity contribution in [3.63, 3.8) is 0 Å². The van der Waals surface area contributed by atoms with Gasteiger partial charge in [-0.1, -0.05) is 17.7 Å². The second-order valence-corrected chi connectivity index (χ2v) is 7.07. The number of amides is 1. The maximum absolute atomic E-state index is 12.2. The van der Waals surface area contributed by atoms with E-state index < -0.39 is 11.9 Å². The van der Waals surface area contributed by atoms with E-state index in [1.54, 1.807) is 18.2 Å². The van der Waals surface area contributed by atoms with Crippen LogP contribution in [0.1, 0.15) is 21.0 Å². The fraction of sp³-hybridized carbons (Fsp3) is 0.0500. The number of nitriles is 1. The summed E-state index contributed by atoms with van der Waals surface area (Å²) in [5.41, 5.74) is 0.375. The Morgan fingerprint density at radius 1 is 1.29 bits per heavy atom. The molecule has 0 bridgehead atoms. The lowest BCUT2D eigenvalue weighted by molar-refractivity contribution is -0.117. The first kappa shape index (κ1) is 19.4. The highest BCUT2D eigenvalue weighted by Crippen LogP contribution is 2.27. The molecule has 3 rings (SSSR count). The molecule has 0 unspecified atom stereocenters. The quantitative estimate of drug-likeness (QED) is 0.455. The fourth-order valence-corrected chi connectivity index (χ4v) is 3.24. The lowest BCUT2D eigenvalue weighted by Gasteiger charge is -2.02. The predicted molar refractivity (Wildman–Crippen MR) is 106 cm³/mol. The third kappa shape index (κ3) is 4.49. The fourth-order valence-electron chi connectivity index (χ4n) is 2.39. The van der Waals surface area contributed by atoms with Crippen LogP contribution < -0.4 is 5.32 Å². The van der Waals surface area contributed by atoms with Crippen molar-refractivity contribution in [2.24, 2.45) is 0 Å². The first-order chi connectivity index (χ1) is 13.5. The molecule has 0 saturated carbocycles. The van der Waals surface area contributed by atoms with E-state index in [1.807, 2.05) is 23.6 Å². The van der Waals surface area contributed by atoms with Crippen LogP contribution in [0.5, 0.6) is 0 Å². The molecule has 0 atom stereocenters. The van der Waals surface area contributed by atoms with Gasteiger partial charge in [-0.3, -0.25) is 4.79 Å². The van der Waals surface area contributed by atoms with Crippen LogP contribution in [-0.4, -0.2) is 17.0 Å². The van der Waals surface area contributed by atoms with Gasteiger partial charge in [0.25, 0.3) is 5.91 Å². The summed E-state index contributed by atoms with van der Waals surface area (Å²) >= 11 is 7.38. The summed E-state index contributed by atoms with van der Waals surface area (Å²) < 4.78 is 5.64. The standard InChI is InChI=1S/C20H13ClN2O4S/c21-17-5-3-12(9-16(17)20(25)26)18-6-4-14(27-18)8-13(10-22)19(24)23-11-15-2-1-7-28-15/h1-9H,11H2,(H,23,24)(H,25,26)/b13-8+. The molecule has 2 heterocycles. The van der Waals surface area contributed by atoms with Crippen molar-refractivity contribution in [2.45, 2.75) is 6.54 Å². The van der Waals surface area contributed by atoms with Crippen molar-refractivity contribution in [1.82, 2.24) is 5.32 Å². The van der Waals surface area contributed by atoms with Gasteiger partial charge < -0.3 is 14.8 Å². The number of thiophene rings is 1. The number of carboxylic acids is 1. The predicted octanol–water partition coefficient (Wildman–Crippen LogP) is 4.58. The van der Waals surface area contributed by atoms with Crippen molar-refractivity contribution >= 4 is 40.9 Å². The van der Waals surface area contributed by atoms with Crippen molar-refractivity contribution in [3.05, 3.63) is 74.6 Å². The molecule has 0 spiro atoms. The second kappa shape index (κ2) is 8.57. The Kier molecular flexibility index (Phi) is 5.94. The zero-order valence-corrected chi connectivity index (χ0v) is 15.9. The monoisotopic (exact) mass is 412 g/mol. The van der Waals surface area contributed by atoms with E-state index in [9.17, 15) is 14.9 Å². The molecule has 0 aliphatic carbocycles. The summed E-state index contributed by atoms with van der Waals surface area (Å²) in [6, 6.07) is 13.3. The number of rotatable bonds is 6. The van der Waals surface area contributed by atoms with E-state index in [0.717, 1.165) is 4.88 Å². The average Bonchev–Trinajstić information content (AvgIpc) is 3.36. The van der Waals surface area contributed by atoms with Crippen LogP contribution in [0.25, 0.3) is 17.4 Å². The van der Waals surface area contributed by atoms with Crippen LogP contribution in [0.2, 0.25) is 5.02 Å². The molecule has 0 fully saturated rings. The van der Waals surface area contributed by atoms with Gasteiger partial charge in [-0.05, 0) is 41.8 Å². The third-order valence-corrected chi connectivity index (χ3v) is 4.97. The lowest BCUT2D eigenvalue weighted by Crippen LogP contribution is -2.23. The molecule has 28 heavy (non-hydrogen) atoms. The van der Waals surface area contributed by atoms with E-state index in [2.05, 4.69) is 5.32 Å². The Bertz CT molecular complexity index is 1090. The molecule has 2 N–H and O–H groups in total. The highest BCUT2D eigenvalue weighted by atomic mass is 35.5. The number of furan rings is 1. The first-order valence-corrected chi connectivity index (χ1v) is 9.29. The van der Waals surface area contributed by atoms with Crippen LogP contribution in [0.4, 0.5) is 0 Å². The first-order valence-electron chi connectivity index (χ1n) is 8.03. The summed E-state index contributed by atoms with van der Waals surface area (Å²) in [5, 5.41) is 23.1. The lowest BCUT2D eigenvalue weighted by atomic mass is 10.1. The molecule has 1 aromatic carbocycles. The molecule has 0 aliphatic heterocycles. The maximum Gasteiger partial charge on any atom is 0.337 e. The van der Waals surface area contributed by atoms with E-state index in [4.69, 9.17) is 21.1 Å². The average molecular weight is 413 g/mol. The normalized spacial score (nSPS) is 11.1. The minimum Gasteiger partial charge on any atom is -0.478 e. The highest BCUT2D eigenvalue weighted by molar-refractivity contribution is 7.09. The molecule has 0 aliphatic rings. The van der Waals surface area contributed by atoms with Gasteiger partial charge in [-0.15, -0.1) is 11.3 Å². The largest absolute Gasteiger partial charge is 0.478 e. The number of nitrogens with zero attached hydrogens (tertiary/aromatic N) is 1. The van der Waals surface area contributed by atoms with Gasteiger partial charge >= 0.3 is 5.97 Å². The van der Waals surface area contributed by atoms with Crippen LogP contribution in [0.15, 0.2) is 57.8 Å². The van der Waals surface area contributed by atoms with E-state index in [-0.39, 0.29) is 16.2 Å². The number of aromatic carboxylic acids is 1. The molecule has 2 aromatic heterocycles. The van der Waals surface area contributed by atoms with Gasteiger partial charge in [-0.2, -0.15) is 5.26 Å². The van der Waals surface area contributed by atoms with Crippen molar-refractivity contribution in [1.29, 1.82) is 5.26 Å². The van der Waals surface area contributed by atoms with E-state index in [1.165, 1.54) is 29.5 Å². The Hall–Kier alpha value is -3.34. The zero-order chi connectivity index (χ0) is 20.1. The van der Waals surface area contributed by atoms with E-state index in [0.29, 0.717) is 23.6 Å². The molecule has 3 aromatic rings. The Balaban J connectivity index is 1.78. The number of carbonyl (C=O) groups is 2. The van der Waals surface area contributed by atoms with E-state index >= 15 is 0 Å². The van der Waals surface area contributed by atoms with Crippen LogP contribution in [-0.2, 0) is 11.3 Å².